The second kappa shape index (κ2) is 11.4. The van der Waals surface area contributed by atoms with E-state index in [4.69, 9.17) is 4.74 Å². The Hall–Kier alpha value is -2.36. The highest BCUT2D eigenvalue weighted by atomic mass is 127. The van der Waals surface area contributed by atoms with E-state index in [-0.39, 0.29) is 24.0 Å². The third kappa shape index (κ3) is 6.38. The van der Waals surface area contributed by atoms with Crippen molar-refractivity contribution in [3.8, 4) is 5.75 Å². The van der Waals surface area contributed by atoms with Crippen molar-refractivity contribution in [2.24, 2.45) is 4.99 Å². The standard InChI is InChI=1S/C19H24N6O.HI/c1-20-19(21-12-7-15-26-16-8-3-2-4-9-16)22-13-11-18-24-23-17-10-5-6-14-25(17)18;/h2-6,8-10,14H,7,11-13,15H2,1H3,(H2,20,21,22);1H. The third-order valence-electron chi connectivity index (χ3n) is 3.87. The summed E-state index contributed by atoms with van der Waals surface area (Å²) in [7, 11) is 1.77. The number of rotatable bonds is 8. The zero-order valence-electron chi connectivity index (χ0n) is 15.3. The number of aliphatic imine (C=N–C) groups is 1. The molecule has 0 bridgehead atoms. The lowest BCUT2D eigenvalue weighted by molar-refractivity contribution is 0.311. The highest BCUT2D eigenvalue weighted by Crippen LogP contribution is 2.08. The van der Waals surface area contributed by atoms with Crippen molar-refractivity contribution in [1.29, 1.82) is 0 Å². The zero-order valence-corrected chi connectivity index (χ0v) is 17.7. The lowest BCUT2D eigenvalue weighted by atomic mass is 10.3. The molecule has 3 rings (SSSR count). The van der Waals surface area contributed by atoms with E-state index in [0.717, 1.165) is 49.1 Å². The second-order valence-corrected chi connectivity index (χ2v) is 5.74. The number of hydrogen-bond acceptors (Lipinski definition) is 4. The number of ether oxygens (including phenoxy) is 1. The largest absolute Gasteiger partial charge is 0.494 e. The fourth-order valence-corrected chi connectivity index (χ4v) is 2.56. The zero-order chi connectivity index (χ0) is 18.0. The maximum absolute atomic E-state index is 5.67. The van der Waals surface area contributed by atoms with Crippen molar-refractivity contribution >= 4 is 35.6 Å². The smallest absolute Gasteiger partial charge is 0.190 e. The molecule has 0 unspecified atom stereocenters. The van der Waals surface area contributed by atoms with E-state index in [1.54, 1.807) is 7.05 Å². The molecule has 27 heavy (non-hydrogen) atoms. The van der Waals surface area contributed by atoms with E-state index < -0.39 is 0 Å². The van der Waals surface area contributed by atoms with Gasteiger partial charge in [0.2, 0.25) is 0 Å². The number of nitrogens with one attached hydrogen (secondary N) is 2. The summed E-state index contributed by atoms with van der Waals surface area (Å²) in [6.07, 6.45) is 3.64. The van der Waals surface area contributed by atoms with Crippen LogP contribution < -0.4 is 15.4 Å². The molecule has 2 heterocycles. The van der Waals surface area contributed by atoms with E-state index in [1.165, 1.54) is 0 Å². The quantitative estimate of drug-likeness (QED) is 0.224. The molecule has 144 valence electrons. The lowest BCUT2D eigenvalue weighted by Gasteiger charge is -2.12. The van der Waals surface area contributed by atoms with Crippen LogP contribution in [0.5, 0.6) is 5.75 Å². The Labute approximate surface area is 176 Å². The van der Waals surface area contributed by atoms with Crippen molar-refractivity contribution in [1.82, 2.24) is 25.2 Å². The first kappa shape index (κ1) is 20.9. The molecular formula is C19H25IN6O. The van der Waals surface area contributed by atoms with Gasteiger partial charge in [-0.2, -0.15) is 0 Å². The Morgan fingerprint density at radius 1 is 1.04 bits per heavy atom. The van der Waals surface area contributed by atoms with Crippen LogP contribution in [-0.4, -0.2) is 47.3 Å². The number of para-hydroxylation sites is 1. The molecule has 0 amide bonds. The summed E-state index contributed by atoms with van der Waals surface area (Å²) in [5, 5.41) is 15.0. The normalized spacial score (nSPS) is 11.1. The van der Waals surface area contributed by atoms with Gasteiger partial charge in [0.25, 0.3) is 0 Å². The molecule has 0 aliphatic rings. The van der Waals surface area contributed by atoms with Gasteiger partial charge in [0, 0.05) is 32.8 Å². The molecule has 3 aromatic rings. The lowest BCUT2D eigenvalue weighted by Crippen LogP contribution is -2.39. The van der Waals surface area contributed by atoms with Gasteiger partial charge in [-0.15, -0.1) is 34.2 Å². The molecule has 7 nitrogen and oxygen atoms in total. The van der Waals surface area contributed by atoms with Gasteiger partial charge < -0.3 is 15.4 Å². The number of fused-ring (bicyclic) bond motifs is 1. The van der Waals surface area contributed by atoms with Crippen LogP contribution in [0.2, 0.25) is 0 Å². The van der Waals surface area contributed by atoms with Gasteiger partial charge in [0.1, 0.15) is 11.6 Å². The molecule has 1 aromatic carbocycles. The molecule has 0 saturated heterocycles. The minimum Gasteiger partial charge on any atom is -0.494 e. The molecule has 0 radical (unpaired) electrons. The van der Waals surface area contributed by atoms with Crippen LogP contribution in [0.25, 0.3) is 5.65 Å². The van der Waals surface area contributed by atoms with Crippen LogP contribution >= 0.6 is 24.0 Å². The van der Waals surface area contributed by atoms with Gasteiger partial charge >= 0.3 is 0 Å². The predicted octanol–water partition coefficient (Wildman–Crippen LogP) is 2.52. The van der Waals surface area contributed by atoms with Crippen molar-refractivity contribution < 1.29 is 4.74 Å². The number of guanidine groups is 1. The Kier molecular flexibility index (Phi) is 8.82. The molecule has 0 atom stereocenters. The van der Waals surface area contributed by atoms with Crippen molar-refractivity contribution in [3.05, 3.63) is 60.6 Å². The Morgan fingerprint density at radius 3 is 2.63 bits per heavy atom. The molecule has 0 fully saturated rings. The minimum atomic E-state index is 0. The van der Waals surface area contributed by atoms with Crippen molar-refractivity contribution in [2.45, 2.75) is 12.8 Å². The van der Waals surface area contributed by atoms with Crippen LogP contribution in [0.1, 0.15) is 12.2 Å². The van der Waals surface area contributed by atoms with Gasteiger partial charge in [-0.25, -0.2) is 0 Å². The van der Waals surface area contributed by atoms with Gasteiger partial charge in [0.15, 0.2) is 11.6 Å². The summed E-state index contributed by atoms with van der Waals surface area (Å²) in [4.78, 5) is 4.24. The Balaban J connectivity index is 0.00000261. The van der Waals surface area contributed by atoms with Gasteiger partial charge in [-0.1, -0.05) is 24.3 Å². The summed E-state index contributed by atoms with van der Waals surface area (Å²) < 4.78 is 7.67. The topological polar surface area (TPSA) is 75.8 Å². The summed E-state index contributed by atoms with van der Waals surface area (Å²) in [6, 6.07) is 15.7. The molecule has 0 aliphatic heterocycles. The first-order valence-electron chi connectivity index (χ1n) is 8.78. The van der Waals surface area contributed by atoms with E-state index in [9.17, 15) is 0 Å². The first-order chi connectivity index (χ1) is 12.9. The van der Waals surface area contributed by atoms with Crippen molar-refractivity contribution in [2.75, 3.05) is 26.7 Å². The number of hydrogen-bond donors (Lipinski definition) is 2. The third-order valence-corrected chi connectivity index (χ3v) is 3.87. The molecule has 0 saturated carbocycles. The summed E-state index contributed by atoms with van der Waals surface area (Å²) in [5.74, 6) is 2.61. The highest BCUT2D eigenvalue weighted by Gasteiger charge is 2.04. The predicted molar refractivity (Wildman–Crippen MR) is 118 cm³/mol. The van der Waals surface area contributed by atoms with Gasteiger partial charge in [-0.05, 0) is 30.7 Å². The molecule has 2 N–H and O–H groups in total. The van der Waals surface area contributed by atoms with Crippen LogP contribution in [-0.2, 0) is 6.42 Å². The van der Waals surface area contributed by atoms with Crippen LogP contribution in [0.4, 0.5) is 0 Å². The molecule has 8 heteroatoms. The Bertz CT molecular complexity index is 836. The SMILES string of the molecule is CN=C(NCCCOc1ccccc1)NCCc1nnc2ccccn12.I. The summed E-state index contributed by atoms with van der Waals surface area (Å²) >= 11 is 0. The first-order valence-corrected chi connectivity index (χ1v) is 8.78. The number of nitrogens with zero attached hydrogens (tertiary/aromatic N) is 4. The average molecular weight is 480 g/mol. The molecular weight excluding hydrogens is 455 g/mol. The number of pyridine rings is 1. The average Bonchev–Trinajstić information content (AvgIpc) is 3.10. The van der Waals surface area contributed by atoms with E-state index in [2.05, 4.69) is 25.8 Å². The van der Waals surface area contributed by atoms with Gasteiger partial charge in [0.05, 0.1) is 6.61 Å². The van der Waals surface area contributed by atoms with Crippen LogP contribution in [0.15, 0.2) is 59.7 Å². The fourth-order valence-electron chi connectivity index (χ4n) is 2.56. The van der Waals surface area contributed by atoms with E-state index in [1.807, 2.05) is 59.1 Å². The minimum absolute atomic E-state index is 0. The number of aromatic nitrogens is 3. The van der Waals surface area contributed by atoms with Crippen LogP contribution in [0, 0.1) is 0 Å². The second-order valence-electron chi connectivity index (χ2n) is 5.74. The van der Waals surface area contributed by atoms with Crippen LogP contribution in [0.3, 0.4) is 0 Å². The Morgan fingerprint density at radius 2 is 1.81 bits per heavy atom. The highest BCUT2D eigenvalue weighted by molar-refractivity contribution is 14.0. The monoisotopic (exact) mass is 480 g/mol. The number of benzene rings is 1. The van der Waals surface area contributed by atoms with Crippen molar-refractivity contribution in [3.63, 3.8) is 0 Å². The number of halogens is 1. The molecule has 2 aromatic heterocycles. The van der Waals surface area contributed by atoms with E-state index in [0.29, 0.717) is 6.61 Å². The molecule has 0 aliphatic carbocycles. The van der Waals surface area contributed by atoms with Gasteiger partial charge in [-0.3, -0.25) is 9.39 Å². The summed E-state index contributed by atoms with van der Waals surface area (Å²) in [5.41, 5.74) is 0.864. The fraction of sp³-hybridized carbons (Fsp3) is 0.316. The van der Waals surface area contributed by atoms with E-state index >= 15 is 0 Å². The summed E-state index contributed by atoms with van der Waals surface area (Å²) in [6.45, 7) is 2.19. The maximum atomic E-state index is 5.67. The molecule has 0 spiro atoms. The maximum Gasteiger partial charge on any atom is 0.190 e.